The average Bonchev–Trinajstić information content (AvgIpc) is 2.88. The summed E-state index contributed by atoms with van der Waals surface area (Å²) < 4.78 is 7.34. The molecule has 0 aliphatic carbocycles. The van der Waals surface area contributed by atoms with E-state index in [0.29, 0.717) is 24.2 Å². The fourth-order valence-electron chi connectivity index (χ4n) is 1.86. The summed E-state index contributed by atoms with van der Waals surface area (Å²) in [6.45, 7) is 6.49. The molecule has 1 aromatic heterocycles. The largest absolute Gasteiger partial charge is 0.487 e. The summed E-state index contributed by atoms with van der Waals surface area (Å²) in [4.78, 5) is 11.0. The summed E-state index contributed by atoms with van der Waals surface area (Å²) in [5.74, 6) is 0.771. The molecular formula is C15H17N3O2. The molecule has 0 spiro atoms. The number of hydrogen-bond acceptors (Lipinski definition) is 4. The van der Waals surface area contributed by atoms with Crippen LogP contribution < -0.4 is 4.74 Å². The monoisotopic (exact) mass is 271 g/mol. The Labute approximate surface area is 117 Å². The van der Waals surface area contributed by atoms with Gasteiger partial charge in [-0.25, -0.2) is 4.68 Å². The normalized spacial score (nSPS) is 10.2. The Morgan fingerprint density at radius 1 is 1.45 bits per heavy atom. The van der Waals surface area contributed by atoms with Crippen molar-refractivity contribution in [3.8, 4) is 5.75 Å². The fraction of sp³-hybridized carbons (Fsp3) is 0.267. The number of carbonyl (C=O) groups excluding carboxylic acids is 1. The first-order chi connectivity index (χ1) is 9.78. The number of aldehydes is 1. The molecule has 2 aromatic rings. The molecule has 0 unspecified atom stereocenters. The minimum Gasteiger partial charge on any atom is -0.487 e. The molecule has 2 rings (SSSR count). The van der Waals surface area contributed by atoms with Crippen LogP contribution >= 0.6 is 0 Å². The smallest absolute Gasteiger partial charge is 0.172 e. The van der Waals surface area contributed by atoms with Crippen LogP contribution in [-0.2, 0) is 19.6 Å². The van der Waals surface area contributed by atoms with Crippen molar-refractivity contribution in [1.82, 2.24) is 15.0 Å². The summed E-state index contributed by atoms with van der Waals surface area (Å²) >= 11 is 0. The summed E-state index contributed by atoms with van der Waals surface area (Å²) in [7, 11) is 0. The standard InChI is InChI=1S/C15H17N3O2/c1-3-8-18-15(14(10-19)16-17-18)11-20-13-7-5-6-12(4-2)9-13/h3,5-7,9-10H,1,4,8,11H2,2H3. The van der Waals surface area contributed by atoms with Crippen LogP contribution in [0.1, 0.15) is 28.7 Å². The van der Waals surface area contributed by atoms with E-state index < -0.39 is 0 Å². The van der Waals surface area contributed by atoms with Crippen LogP contribution in [0.15, 0.2) is 36.9 Å². The number of hydrogen-bond donors (Lipinski definition) is 0. The molecule has 0 radical (unpaired) electrons. The second kappa shape index (κ2) is 6.65. The zero-order valence-corrected chi connectivity index (χ0v) is 11.5. The average molecular weight is 271 g/mol. The number of carbonyl (C=O) groups is 1. The number of allylic oxidation sites excluding steroid dienone is 1. The highest BCUT2D eigenvalue weighted by Gasteiger charge is 2.12. The predicted octanol–water partition coefficient (Wildman–Crippen LogP) is 2.42. The van der Waals surface area contributed by atoms with Crippen molar-refractivity contribution in [3.05, 3.63) is 53.9 Å². The third kappa shape index (κ3) is 3.12. The van der Waals surface area contributed by atoms with Gasteiger partial charge >= 0.3 is 0 Å². The number of rotatable bonds is 7. The van der Waals surface area contributed by atoms with Crippen LogP contribution in [0.4, 0.5) is 0 Å². The molecule has 0 amide bonds. The first-order valence-electron chi connectivity index (χ1n) is 6.48. The maximum Gasteiger partial charge on any atom is 0.172 e. The quantitative estimate of drug-likeness (QED) is 0.573. The number of benzene rings is 1. The topological polar surface area (TPSA) is 57.0 Å². The van der Waals surface area contributed by atoms with E-state index in [2.05, 4.69) is 23.8 Å². The van der Waals surface area contributed by atoms with Gasteiger partial charge < -0.3 is 4.74 Å². The summed E-state index contributed by atoms with van der Waals surface area (Å²) in [5, 5.41) is 7.72. The third-order valence-electron chi connectivity index (χ3n) is 2.96. The highest BCUT2D eigenvalue weighted by molar-refractivity contribution is 5.73. The van der Waals surface area contributed by atoms with E-state index in [9.17, 15) is 4.79 Å². The molecule has 5 nitrogen and oxygen atoms in total. The summed E-state index contributed by atoms with van der Waals surface area (Å²) in [5.41, 5.74) is 2.16. The highest BCUT2D eigenvalue weighted by atomic mass is 16.5. The molecular weight excluding hydrogens is 254 g/mol. The lowest BCUT2D eigenvalue weighted by atomic mass is 10.2. The van der Waals surface area contributed by atoms with Crippen LogP contribution in [0, 0.1) is 0 Å². The van der Waals surface area contributed by atoms with Crippen LogP contribution in [0.3, 0.4) is 0 Å². The molecule has 104 valence electrons. The van der Waals surface area contributed by atoms with Gasteiger partial charge in [-0.05, 0) is 24.1 Å². The van der Waals surface area contributed by atoms with E-state index >= 15 is 0 Å². The maximum atomic E-state index is 11.0. The maximum absolute atomic E-state index is 11.0. The molecule has 0 saturated carbocycles. The molecule has 0 N–H and O–H groups in total. The summed E-state index contributed by atoms with van der Waals surface area (Å²) in [6, 6.07) is 7.88. The van der Waals surface area contributed by atoms with Gasteiger partial charge in [0.25, 0.3) is 0 Å². The van der Waals surface area contributed by atoms with Gasteiger partial charge in [0.05, 0.1) is 6.54 Å². The van der Waals surface area contributed by atoms with Crippen LogP contribution in [0.5, 0.6) is 5.75 Å². The van der Waals surface area contributed by atoms with Gasteiger partial charge in [-0.1, -0.05) is 30.3 Å². The second-order valence-electron chi connectivity index (χ2n) is 4.30. The van der Waals surface area contributed by atoms with Gasteiger partial charge in [-0.2, -0.15) is 0 Å². The van der Waals surface area contributed by atoms with E-state index in [1.54, 1.807) is 10.8 Å². The molecule has 1 aromatic carbocycles. The first-order valence-corrected chi connectivity index (χ1v) is 6.48. The van der Waals surface area contributed by atoms with Gasteiger partial charge in [0.2, 0.25) is 0 Å². The Bertz CT molecular complexity index is 605. The van der Waals surface area contributed by atoms with Crippen molar-refractivity contribution in [1.29, 1.82) is 0 Å². The Kier molecular flexibility index (Phi) is 4.65. The van der Waals surface area contributed by atoms with Crippen molar-refractivity contribution >= 4 is 6.29 Å². The zero-order chi connectivity index (χ0) is 14.4. The lowest BCUT2D eigenvalue weighted by Gasteiger charge is -2.08. The first kappa shape index (κ1) is 14.0. The number of aromatic nitrogens is 3. The molecule has 1 heterocycles. The highest BCUT2D eigenvalue weighted by Crippen LogP contribution is 2.16. The zero-order valence-electron chi connectivity index (χ0n) is 11.5. The van der Waals surface area contributed by atoms with Crippen molar-refractivity contribution in [2.24, 2.45) is 0 Å². The van der Waals surface area contributed by atoms with E-state index in [1.165, 1.54) is 5.56 Å². The van der Waals surface area contributed by atoms with E-state index in [0.717, 1.165) is 12.2 Å². The number of nitrogens with zero attached hydrogens (tertiary/aromatic N) is 3. The SMILES string of the molecule is C=CCn1nnc(C=O)c1COc1cccc(CC)c1. The van der Waals surface area contributed by atoms with E-state index in [1.807, 2.05) is 24.3 Å². The Hall–Kier alpha value is -2.43. The van der Waals surface area contributed by atoms with Gasteiger partial charge in [0.1, 0.15) is 18.1 Å². The lowest BCUT2D eigenvalue weighted by molar-refractivity contribution is 0.111. The second-order valence-corrected chi connectivity index (χ2v) is 4.30. The molecule has 20 heavy (non-hydrogen) atoms. The van der Waals surface area contributed by atoms with Crippen molar-refractivity contribution in [2.45, 2.75) is 26.5 Å². The van der Waals surface area contributed by atoms with E-state index in [-0.39, 0.29) is 6.61 Å². The molecule has 0 saturated heterocycles. The van der Waals surface area contributed by atoms with Crippen molar-refractivity contribution < 1.29 is 9.53 Å². The van der Waals surface area contributed by atoms with Crippen LogP contribution in [0.25, 0.3) is 0 Å². The minimum absolute atomic E-state index is 0.252. The Morgan fingerprint density at radius 2 is 2.30 bits per heavy atom. The van der Waals surface area contributed by atoms with Gasteiger partial charge in [0, 0.05) is 0 Å². The van der Waals surface area contributed by atoms with Crippen molar-refractivity contribution in [3.63, 3.8) is 0 Å². The molecule has 0 aliphatic rings. The molecule has 5 heteroatoms. The molecule has 0 bridgehead atoms. The van der Waals surface area contributed by atoms with Crippen LogP contribution in [-0.4, -0.2) is 21.3 Å². The van der Waals surface area contributed by atoms with Crippen LogP contribution in [0.2, 0.25) is 0 Å². The van der Waals surface area contributed by atoms with Gasteiger partial charge in [-0.15, -0.1) is 11.7 Å². The third-order valence-corrected chi connectivity index (χ3v) is 2.96. The Morgan fingerprint density at radius 3 is 3.00 bits per heavy atom. The lowest BCUT2D eigenvalue weighted by Crippen LogP contribution is -2.08. The predicted molar refractivity (Wildman–Crippen MR) is 75.8 cm³/mol. The fourth-order valence-corrected chi connectivity index (χ4v) is 1.86. The number of ether oxygens (including phenoxy) is 1. The minimum atomic E-state index is 0.252. The van der Waals surface area contributed by atoms with Crippen molar-refractivity contribution in [2.75, 3.05) is 0 Å². The summed E-state index contributed by atoms with van der Waals surface area (Å²) in [6.07, 6.45) is 3.34. The Balaban J connectivity index is 2.14. The molecule has 0 atom stereocenters. The van der Waals surface area contributed by atoms with E-state index in [4.69, 9.17) is 4.74 Å². The number of aryl methyl sites for hydroxylation is 1. The van der Waals surface area contributed by atoms with Gasteiger partial charge in [-0.3, -0.25) is 4.79 Å². The molecule has 0 aliphatic heterocycles. The molecule has 0 fully saturated rings. The van der Waals surface area contributed by atoms with Gasteiger partial charge in [0.15, 0.2) is 12.0 Å².